The molecule has 0 spiro atoms. The van der Waals surface area contributed by atoms with E-state index in [2.05, 4.69) is 14.5 Å². The molecule has 1 unspecified atom stereocenters. The molecular weight excluding hydrogens is 305 g/mol. The lowest BCUT2D eigenvalue weighted by molar-refractivity contribution is 0.735. The summed E-state index contributed by atoms with van der Waals surface area (Å²) in [5.74, 6) is 0.833. The van der Waals surface area contributed by atoms with Gasteiger partial charge < -0.3 is 4.57 Å². The first kappa shape index (κ1) is 14.4. The van der Waals surface area contributed by atoms with Crippen molar-refractivity contribution >= 4 is 34.4 Å². The molecule has 0 saturated carbocycles. The predicted molar refractivity (Wildman–Crippen MR) is 87.1 cm³/mol. The van der Waals surface area contributed by atoms with E-state index in [9.17, 15) is 0 Å². The molecule has 3 aromatic rings. The minimum atomic E-state index is -0.174. The summed E-state index contributed by atoms with van der Waals surface area (Å²) in [5.41, 5.74) is 3.85. The molecule has 2 aromatic heterocycles. The van der Waals surface area contributed by atoms with E-state index < -0.39 is 0 Å². The lowest BCUT2D eigenvalue weighted by atomic mass is 10.2. The highest BCUT2D eigenvalue weighted by Gasteiger charge is 2.16. The quantitative estimate of drug-likeness (QED) is 0.653. The van der Waals surface area contributed by atoms with Gasteiger partial charge >= 0.3 is 0 Å². The van der Waals surface area contributed by atoms with Crippen molar-refractivity contribution in [2.75, 3.05) is 0 Å². The third kappa shape index (κ3) is 2.89. The molecule has 0 aliphatic rings. The van der Waals surface area contributed by atoms with Crippen LogP contribution in [0.2, 0.25) is 5.02 Å². The van der Waals surface area contributed by atoms with E-state index in [4.69, 9.17) is 23.2 Å². The average Bonchev–Trinajstić information content (AvgIpc) is 2.80. The number of hydrogen-bond acceptors (Lipinski definition) is 2. The van der Waals surface area contributed by atoms with Gasteiger partial charge in [-0.2, -0.15) is 0 Å². The van der Waals surface area contributed by atoms with Gasteiger partial charge in [-0.1, -0.05) is 23.7 Å². The van der Waals surface area contributed by atoms with Crippen LogP contribution < -0.4 is 0 Å². The molecule has 21 heavy (non-hydrogen) atoms. The highest BCUT2D eigenvalue weighted by Crippen LogP contribution is 2.25. The number of nitrogens with zero attached hydrogens (tertiary/aromatic N) is 3. The maximum absolute atomic E-state index is 6.28. The van der Waals surface area contributed by atoms with Crippen LogP contribution in [0.1, 0.15) is 29.4 Å². The smallest absolute Gasteiger partial charge is 0.160 e. The van der Waals surface area contributed by atoms with Gasteiger partial charge in [0.1, 0.15) is 11.3 Å². The molecule has 0 fully saturated rings. The third-order valence-electron chi connectivity index (χ3n) is 3.37. The maximum Gasteiger partial charge on any atom is 0.160 e. The Bertz CT molecular complexity index is 776. The summed E-state index contributed by atoms with van der Waals surface area (Å²) < 4.78 is 2.07. The number of fused-ring (bicyclic) bond motifs is 1. The standard InChI is InChI=1S/C16H15Cl2N3/c1-10-3-8-14-16(19-10)21(15(20-14)11(2)17)9-12-4-6-13(18)7-5-12/h3-8,11H,9H2,1-2H3. The zero-order chi connectivity index (χ0) is 15.0. The van der Waals surface area contributed by atoms with Gasteiger partial charge in [-0.3, -0.25) is 0 Å². The van der Waals surface area contributed by atoms with E-state index in [1.807, 2.05) is 50.2 Å². The second-order valence-electron chi connectivity index (χ2n) is 5.09. The van der Waals surface area contributed by atoms with Crippen LogP contribution in [-0.4, -0.2) is 14.5 Å². The SMILES string of the molecule is Cc1ccc2nc(C(C)Cl)n(Cc3ccc(Cl)cc3)c2n1. The number of imidazole rings is 1. The van der Waals surface area contributed by atoms with Crippen LogP contribution in [0.25, 0.3) is 11.2 Å². The fourth-order valence-electron chi connectivity index (χ4n) is 2.35. The molecular formula is C16H15Cl2N3. The molecule has 1 aromatic carbocycles. The van der Waals surface area contributed by atoms with Gasteiger partial charge in [-0.25, -0.2) is 9.97 Å². The molecule has 3 nitrogen and oxygen atoms in total. The zero-order valence-corrected chi connectivity index (χ0v) is 13.4. The molecule has 0 aliphatic heterocycles. The molecule has 2 heterocycles. The first-order valence-electron chi connectivity index (χ1n) is 6.77. The predicted octanol–water partition coefficient (Wildman–Crippen LogP) is 4.74. The topological polar surface area (TPSA) is 30.7 Å². The summed E-state index contributed by atoms with van der Waals surface area (Å²) >= 11 is 12.2. The van der Waals surface area contributed by atoms with Gasteiger partial charge in [0.05, 0.1) is 11.9 Å². The second-order valence-corrected chi connectivity index (χ2v) is 6.19. The van der Waals surface area contributed by atoms with E-state index in [1.54, 1.807) is 0 Å². The van der Waals surface area contributed by atoms with Crippen molar-refractivity contribution in [3.8, 4) is 0 Å². The monoisotopic (exact) mass is 319 g/mol. The first-order valence-corrected chi connectivity index (χ1v) is 7.58. The minimum Gasteiger partial charge on any atom is -0.307 e. The van der Waals surface area contributed by atoms with E-state index >= 15 is 0 Å². The number of rotatable bonds is 3. The van der Waals surface area contributed by atoms with Crippen LogP contribution in [0.15, 0.2) is 36.4 Å². The second kappa shape index (κ2) is 5.66. The number of aryl methyl sites for hydroxylation is 1. The Kier molecular flexibility index (Phi) is 3.87. The fourth-order valence-corrected chi connectivity index (χ4v) is 2.64. The minimum absolute atomic E-state index is 0.174. The van der Waals surface area contributed by atoms with Crippen LogP contribution in [0.4, 0.5) is 0 Å². The van der Waals surface area contributed by atoms with Crippen LogP contribution in [0.3, 0.4) is 0 Å². The molecule has 5 heteroatoms. The number of pyridine rings is 1. The van der Waals surface area contributed by atoms with Crippen LogP contribution in [0, 0.1) is 6.92 Å². The number of halogens is 2. The van der Waals surface area contributed by atoms with Crippen molar-refractivity contribution in [1.82, 2.24) is 14.5 Å². The first-order chi connectivity index (χ1) is 10.0. The van der Waals surface area contributed by atoms with Gasteiger partial charge in [0.25, 0.3) is 0 Å². The van der Waals surface area contributed by atoms with Crippen molar-refractivity contribution in [3.63, 3.8) is 0 Å². The number of benzene rings is 1. The van der Waals surface area contributed by atoms with Gasteiger partial charge in [0, 0.05) is 10.7 Å². The van der Waals surface area contributed by atoms with Crippen molar-refractivity contribution in [1.29, 1.82) is 0 Å². The summed E-state index contributed by atoms with van der Waals surface area (Å²) in [5, 5.41) is 0.556. The van der Waals surface area contributed by atoms with Crippen molar-refractivity contribution in [3.05, 3.63) is 58.5 Å². The van der Waals surface area contributed by atoms with Gasteiger partial charge in [-0.05, 0) is 43.7 Å². The van der Waals surface area contributed by atoms with Gasteiger partial charge in [0.15, 0.2) is 5.65 Å². The lowest BCUT2D eigenvalue weighted by Gasteiger charge is -2.10. The number of alkyl halides is 1. The molecule has 0 amide bonds. The highest BCUT2D eigenvalue weighted by atomic mass is 35.5. The molecule has 0 radical (unpaired) electrons. The largest absolute Gasteiger partial charge is 0.307 e. The summed E-state index contributed by atoms with van der Waals surface area (Å²) in [7, 11) is 0. The molecule has 108 valence electrons. The molecule has 1 atom stereocenters. The fraction of sp³-hybridized carbons (Fsp3) is 0.250. The van der Waals surface area contributed by atoms with Crippen molar-refractivity contribution in [2.24, 2.45) is 0 Å². The molecule has 0 aliphatic carbocycles. The Labute approximate surface area is 133 Å². The summed E-state index contributed by atoms with van der Waals surface area (Å²) in [6.07, 6.45) is 0. The Hall–Kier alpha value is -1.58. The molecule has 0 N–H and O–H groups in total. The Balaban J connectivity index is 2.12. The Morgan fingerprint density at radius 2 is 1.81 bits per heavy atom. The summed E-state index contributed by atoms with van der Waals surface area (Å²) in [6, 6.07) is 11.7. The number of aromatic nitrogens is 3. The normalized spacial score (nSPS) is 12.8. The lowest BCUT2D eigenvalue weighted by Crippen LogP contribution is -2.06. The summed E-state index contributed by atoms with van der Waals surface area (Å²) in [4.78, 5) is 9.22. The Morgan fingerprint density at radius 1 is 1.10 bits per heavy atom. The zero-order valence-electron chi connectivity index (χ0n) is 11.8. The Morgan fingerprint density at radius 3 is 2.48 bits per heavy atom. The summed E-state index contributed by atoms with van der Waals surface area (Å²) in [6.45, 7) is 4.58. The van der Waals surface area contributed by atoms with Gasteiger partial charge in [-0.15, -0.1) is 11.6 Å². The number of hydrogen-bond donors (Lipinski definition) is 0. The molecule has 0 bridgehead atoms. The maximum atomic E-state index is 6.28. The highest BCUT2D eigenvalue weighted by molar-refractivity contribution is 6.30. The van der Waals surface area contributed by atoms with Crippen molar-refractivity contribution in [2.45, 2.75) is 25.8 Å². The van der Waals surface area contributed by atoms with Crippen LogP contribution in [-0.2, 0) is 6.54 Å². The van der Waals surface area contributed by atoms with Crippen LogP contribution >= 0.6 is 23.2 Å². The average molecular weight is 320 g/mol. The van der Waals surface area contributed by atoms with E-state index in [0.717, 1.165) is 33.3 Å². The third-order valence-corrected chi connectivity index (χ3v) is 3.82. The van der Waals surface area contributed by atoms with Gasteiger partial charge in [0.2, 0.25) is 0 Å². The van der Waals surface area contributed by atoms with E-state index in [-0.39, 0.29) is 5.38 Å². The molecule has 0 saturated heterocycles. The van der Waals surface area contributed by atoms with E-state index in [1.165, 1.54) is 0 Å². The molecule has 3 rings (SSSR count). The van der Waals surface area contributed by atoms with E-state index in [0.29, 0.717) is 6.54 Å². The van der Waals surface area contributed by atoms with Crippen molar-refractivity contribution < 1.29 is 0 Å². The van der Waals surface area contributed by atoms with Crippen LogP contribution in [0.5, 0.6) is 0 Å².